The molecule has 2 aromatic rings. The van der Waals surface area contributed by atoms with E-state index >= 15 is 0 Å². The summed E-state index contributed by atoms with van der Waals surface area (Å²) in [6.45, 7) is 11.2. The molecule has 2 heterocycles. The number of hydrogen-bond acceptors (Lipinski definition) is 4. The fourth-order valence-corrected chi connectivity index (χ4v) is 3.95. The van der Waals surface area contributed by atoms with E-state index in [0.29, 0.717) is 6.54 Å². The normalized spacial score (nSPS) is 15.7. The Bertz CT molecular complexity index is 737. The minimum absolute atomic E-state index is 0.680. The van der Waals surface area contributed by atoms with Gasteiger partial charge >= 0.3 is 0 Å². The van der Waals surface area contributed by atoms with Crippen molar-refractivity contribution >= 4 is 17.3 Å². The van der Waals surface area contributed by atoms with E-state index in [1.165, 1.54) is 20.9 Å². The minimum Gasteiger partial charge on any atom is -0.379 e. The first-order valence-corrected chi connectivity index (χ1v) is 10.5. The third-order valence-corrected chi connectivity index (χ3v) is 5.59. The molecule has 0 unspecified atom stereocenters. The summed E-state index contributed by atoms with van der Waals surface area (Å²) in [6, 6.07) is 13.0. The lowest BCUT2D eigenvalue weighted by Gasteiger charge is -2.27. The molecule has 1 fully saturated rings. The molecule has 1 aliphatic heterocycles. The highest BCUT2D eigenvalue weighted by Gasteiger charge is 2.12. The molecule has 1 saturated heterocycles. The van der Waals surface area contributed by atoms with E-state index in [1.807, 2.05) is 11.3 Å². The first-order valence-electron chi connectivity index (χ1n) is 9.69. The lowest BCUT2D eigenvalue weighted by molar-refractivity contribution is 0.0341. The molecule has 1 aromatic carbocycles. The van der Waals surface area contributed by atoms with Crippen molar-refractivity contribution in [3.63, 3.8) is 0 Å². The van der Waals surface area contributed by atoms with Gasteiger partial charge in [0.15, 0.2) is 5.96 Å². The number of guanidine groups is 1. The highest BCUT2D eigenvalue weighted by atomic mass is 32.1. The highest BCUT2D eigenvalue weighted by Crippen LogP contribution is 2.15. The average Bonchev–Trinajstić information content (AvgIpc) is 3.11. The van der Waals surface area contributed by atoms with E-state index in [4.69, 9.17) is 9.73 Å². The van der Waals surface area contributed by atoms with Crippen molar-refractivity contribution in [3.8, 4) is 0 Å². The molecule has 146 valence electrons. The average molecular weight is 387 g/mol. The topological polar surface area (TPSA) is 48.9 Å². The number of morpholine rings is 1. The first kappa shape index (κ1) is 19.9. The molecule has 3 rings (SSSR count). The first-order chi connectivity index (χ1) is 13.2. The smallest absolute Gasteiger partial charge is 0.191 e. The number of rotatable bonds is 7. The number of hydrogen-bond donors (Lipinski definition) is 2. The predicted molar refractivity (Wildman–Crippen MR) is 113 cm³/mol. The van der Waals surface area contributed by atoms with Crippen molar-refractivity contribution in [2.75, 3.05) is 32.8 Å². The minimum atomic E-state index is 0.680. The predicted octanol–water partition coefficient (Wildman–Crippen LogP) is 3.14. The molecule has 0 atom stereocenters. The quantitative estimate of drug-likeness (QED) is 0.567. The number of aliphatic imine (C=N–C) groups is 1. The van der Waals surface area contributed by atoms with E-state index in [9.17, 15) is 0 Å². The van der Waals surface area contributed by atoms with Gasteiger partial charge in [0.1, 0.15) is 0 Å². The fourth-order valence-electron chi connectivity index (χ4n) is 3.12. The monoisotopic (exact) mass is 386 g/mol. The van der Waals surface area contributed by atoms with Crippen LogP contribution >= 0.6 is 11.3 Å². The summed E-state index contributed by atoms with van der Waals surface area (Å²) in [6.07, 6.45) is 0. The second kappa shape index (κ2) is 10.4. The van der Waals surface area contributed by atoms with Crippen LogP contribution in [0, 0.1) is 6.92 Å². The Morgan fingerprint density at radius 2 is 1.89 bits per heavy atom. The number of nitrogens with one attached hydrogen (secondary N) is 2. The Hall–Kier alpha value is -1.89. The maximum Gasteiger partial charge on any atom is 0.191 e. The third kappa shape index (κ3) is 6.34. The Morgan fingerprint density at radius 3 is 2.59 bits per heavy atom. The van der Waals surface area contributed by atoms with Crippen molar-refractivity contribution in [2.45, 2.75) is 33.5 Å². The van der Waals surface area contributed by atoms with Crippen LogP contribution in [-0.2, 0) is 24.4 Å². The lowest BCUT2D eigenvalue weighted by Crippen LogP contribution is -2.37. The van der Waals surface area contributed by atoms with E-state index in [0.717, 1.165) is 51.9 Å². The second-order valence-electron chi connectivity index (χ2n) is 6.72. The van der Waals surface area contributed by atoms with Crippen LogP contribution in [0.2, 0.25) is 0 Å². The third-order valence-electron chi connectivity index (χ3n) is 4.59. The molecule has 2 N–H and O–H groups in total. The molecule has 1 aromatic heterocycles. The van der Waals surface area contributed by atoms with Crippen LogP contribution in [0.15, 0.2) is 41.4 Å². The van der Waals surface area contributed by atoms with Crippen LogP contribution in [0.3, 0.4) is 0 Å². The van der Waals surface area contributed by atoms with Crippen LogP contribution in [0.5, 0.6) is 0 Å². The summed E-state index contributed by atoms with van der Waals surface area (Å²) in [5.74, 6) is 0.865. The summed E-state index contributed by atoms with van der Waals surface area (Å²) < 4.78 is 5.46. The van der Waals surface area contributed by atoms with Crippen molar-refractivity contribution in [1.29, 1.82) is 0 Å². The van der Waals surface area contributed by atoms with Gasteiger partial charge in [-0.15, -0.1) is 11.3 Å². The maximum absolute atomic E-state index is 5.46. The SMILES string of the molecule is CCNC(=NCc1ccccc1CN1CCOCC1)NCc1ccc(C)s1. The largest absolute Gasteiger partial charge is 0.379 e. The standard InChI is InChI=1S/C21H30N4OS/c1-3-22-21(24-15-20-9-8-17(2)27-20)23-14-18-6-4-5-7-19(18)16-25-10-12-26-13-11-25/h4-9H,3,10-16H2,1-2H3,(H2,22,23,24). The molecule has 27 heavy (non-hydrogen) atoms. The van der Waals surface area contributed by atoms with Crippen LogP contribution in [0.4, 0.5) is 0 Å². The van der Waals surface area contributed by atoms with Gasteiger partial charge in [-0.3, -0.25) is 4.90 Å². The number of benzene rings is 1. The molecule has 0 aliphatic carbocycles. The Balaban J connectivity index is 1.62. The second-order valence-corrected chi connectivity index (χ2v) is 8.09. The molecule has 0 bridgehead atoms. The molecule has 0 radical (unpaired) electrons. The zero-order chi connectivity index (χ0) is 18.9. The van der Waals surface area contributed by atoms with Gasteiger partial charge in [-0.2, -0.15) is 0 Å². The summed E-state index contributed by atoms with van der Waals surface area (Å²) in [5, 5.41) is 6.79. The highest BCUT2D eigenvalue weighted by molar-refractivity contribution is 7.11. The summed E-state index contributed by atoms with van der Waals surface area (Å²) in [7, 11) is 0. The summed E-state index contributed by atoms with van der Waals surface area (Å²) in [4.78, 5) is 9.93. The summed E-state index contributed by atoms with van der Waals surface area (Å²) in [5.41, 5.74) is 2.64. The Morgan fingerprint density at radius 1 is 1.11 bits per heavy atom. The van der Waals surface area contributed by atoms with Crippen LogP contribution in [0.1, 0.15) is 27.8 Å². The van der Waals surface area contributed by atoms with Gasteiger partial charge in [0.25, 0.3) is 0 Å². The molecule has 0 saturated carbocycles. The molecule has 0 amide bonds. The van der Waals surface area contributed by atoms with Crippen molar-refractivity contribution in [3.05, 3.63) is 57.3 Å². The van der Waals surface area contributed by atoms with Gasteiger partial charge in [0, 0.05) is 35.9 Å². The number of thiophene rings is 1. The Labute approximate surface area is 166 Å². The molecular formula is C21H30N4OS. The van der Waals surface area contributed by atoms with E-state index in [1.54, 1.807) is 0 Å². The fraction of sp³-hybridized carbons (Fsp3) is 0.476. The van der Waals surface area contributed by atoms with Gasteiger partial charge in [0.2, 0.25) is 0 Å². The maximum atomic E-state index is 5.46. The molecular weight excluding hydrogens is 356 g/mol. The number of nitrogens with zero attached hydrogens (tertiary/aromatic N) is 2. The van der Waals surface area contributed by atoms with Gasteiger partial charge in [0.05, 0.1) is 26.3 Å². The van der Waals surface area contributed by atoms with E-state index in [2.05, 4.69) is 65.8 Å². The van der Waals surface area contributed by atoms with Crippen molar-refractivity contribution in [2.24, 2.45) is 4.99 Å². The zero-order valence-electron chi connectivity index (χ0n) is 16.3. The molecule has 5 nitrogen and oxygen atoms in total. The van der Waals surface area contributed by atoms with E-state index < -0.39 is 0 Å². The van der Waals surface area contributed by atoms with Gasteiger partial charge < -0.3 is 15.4 Å². The van der Waals surface area contributed by atoms with Crippen LogP contribution in [-0.4, -0.2) is 43.7 Å². The van der Waals surface area contributed by atoms with Crippen LogP contribution < -0.4 is 10.6 Å². The number of aryl methyl sites for hydroxylation is 1. The zero-order valence-corrected chi connectivity index (χ0v) is 17.1. The molecule has 1 aliphatic rings. The number of ether oxygens (including phenoxy) is 1. The molecule has 0 spiro atoms. The van der Waals surface area contributed by atoms with Gasteiger partial charge in [-0.05, 0) is 37.1 Å². The Kier molecular flexibility index (Phi) is 7.68. The lowest BCUT2D eigenvalue weighted by atomic mass is 10.1. The molecule has 6 heteroatoms. The van der Waals surface area contributed by atoms with Crippen molar-refractivity contribution in [1.82, 2.24) is 15.5 Å². The van der Waals surface area contributed by atoms with Crippen LogP contribution in [0.25, 0.3) is 0 Å². The van der Waals surface area contributed by atoms with Gasteiger partial charge in [-0.25, -0.2) is 4.99 Å². The van der Waals surface area contributed by atoms with Crippen molar-refractivity contribution < 1.29 is 4.74 Å². The van der Waals surface area contributed by atoms with Gasteiger partial charge in [-0.1, -0.05) is 24.3 Å². The van der Waals surface area contributed by atoms with E-state index in [-0.39, 0.29) is 0 Å². The summed E-state index contributed by atoms with van der Waals surface area (Å²) >= 11 is 1.82.